The maximum Gasteiger partial charge on any atom is 0.274 e. The maximum atomic E-state index is 12.1. The summed E-state index contributed by atoms with van der Waals surface area (Å²) in [5.74, 6) is -0.259. The Morgan fingerprint density at radius 1 is 1.59 bits per heavy atom. The first-order chi connectivity index (χ1) is 8.06. The van der Waals surface area contributed by atoms with Crippen molar-refractivity contribution in [1.82, 2.24) is 14.9 Å². The Bertz CT molecular complexity index is 441. The predicted molar refractivity (Wildman–Crippen MR) is 63.4 cm³/mol. The zero-order valence-electron chi connectivity index (χ0n) is 9.72. The quantitative estimate of drug-likeness (QED) is 0.821. The van der Waals surface area contributed by atoms with E-state index in [1.165, 1.54) is 12.4 Å². The largest absolute Gasteiger partial charge is 0.334 e. The maximum absolute atomic E-state index is 12.1. The molecule has 0 atom stereocenters. The molecule has 0 aliphatic rings. The third kappa shape index (κ3) is 3.68. The fourth-order valence-electron chi connectivity index (χ4n) is 1.36. The van der Waals surface area contributed by atoms with Crippen LogP contribution < -0.4 is 0 Å². The molecule has 17 heavy (non-hydrogen) atoms. The lowest BCUT2D eigenvalue weighted by Gasteiger charge is -2.25. The zero-order chi connectivity index (χ0) is 12.8. The minimum Gasteiger partial charge on any atom is -0.334 e. The Balaban J connectivity index is 2.88. The van der Waals surface area contributed by atoms with Crippen LogP contribution in [-0.2, 0) is 0 Å². The van der Waals surface area contributed by atoms with Crippen molar-refractivity contribution in [2.45, 2.75) is 26.3 Å². The van der Waals surface area contributed by atoms with Gasteiger partial charge < -0.3 is 4.90 Å². The summed E-state index contributed by atoms with van der Waals surface area (Å²) in [7, 11) is 0. The molecule has 0 fully saturated rings. The van der Waals surface area contributed by atoms with Crippen LogP contribution in [-0.4, -0.2) is 33.4 Å². The topological polar surface area (TPSA) is 69.9 Å². The van der Waals surface area contributed by atoms with E-state index in [0.29, 0.717) is 6.54 Å². The number of carbonyl (C=O) groups is 1. The predicted octanol–water partition coefficient (Wildman–Crippen LogP) is 1.89. The van der Waals surface area contributed by atoms with Crippen LogP contribution in [0.3, 0.4) is 0 Å². The van der Waals surface area contributed by atoms with Crippen molar-refractivity contribution >= 4 is 17.5 Å². The molecule has 0 aliphatic heterocycles. The Morgan fingerprint density at radius 3 is 2.82 bits per heavy atom. The van der Waals surface area contributed by atoms with Gasteiger partial charge in [-0.2, -0.15) is 5.26 Å². The first kappa shape index (κ1) is 13.4. The van der Waals surface area contributed by atoms with E-state index in [4.69, 9.17) is 16.9 Å². The molecule has 0 unspecified atom stereocenters. The third-order valence-corrected chi connectivity index (χ3v) is 2.36. The number of nitrogens with zero attached hydrogens (tertiary/aromatic N) is 4. The van der Waals surface area contributed by atoms with Crippen molar-refractivity contribution < 1.29 is 4.79 Å². The fraction of sp³-hybridized carbons (Fsp3) is 0.455. The molecule has 1 rings (SSSR count). The van der Waals surface area contributed by atoms with Crippen molar-refractivity contribution in [2.75, 3.05) is 6.54 Å². The average molecular weight is 253 g/mol. The van der Waals surface area contributed by atoms with E-state index >= 15 is 0 Å². The molecule has 1 aromatic rings. The Labute approximate surface area is 105 Å². The number of rotatable bonds is 4. The molecule has 0 aliphatic carbocycles. The van der Waals surface area contributed by atoms with Crippen LogP contribution in [0.1, 0.15) is 30.8 Å². The van der Waals surface area contributed by atoms with Gasteiger partial charge in [-0.25, -0.2) is 4.98 Å². The lowest BCUT2D eigenvalue weighted by molar-refractivity contribution is 0.0703. The third-order valence-electron chi connectivity index (χ3n) is 2.17. The molecule has 1 heterocycles. The summed E-state index contributed by atoms with van der Waals surface area (Å²) >= 11 is 5.68. The van der Waals surface area contributed by atoms with Crippen LogP contribution in [0.25, 0.3) is 0 Å². The van der Waals surface area contributed by atoms with E-state index in [-0.39, 0.29) is 29.2 Å². The van der Waals surface area contributed by atoms with Crippen LogP contribution in [0.5, 0.6) is 0 Å². The van der Waals surface area contributed by atoms with Crippen molar-refractivity contribution in [2.24, 2.45) is 0 Å². The highest BCUT2D eigenvalue weighted by molar-refractivity contribution is 6.29. The van der Waals surface area contributed by atoms with E-state index in [2.05, 4.69) is 9.97 Å². The SMILES string of the molecule is CC(C)N(CCC#N)C(=O)c1cncc(Cl)n1. The second-order valence-corrected chi connectivity index (χ2v) is 4.11. The molecule has 0 saturated carbocycles. The van der Waals surface area contributed by atoms with E-state index in [9.17, 15) is 4.79 Å². The Hall–Kier alpha value is -1.67. The molecule has 0 saturated heterocycles. The first-order valence-corrected chi connectivity index (χ1v) is 5.59. The molecular weight excluding hydrogens is 240 g/mol. The van der Waals surface area contributed by atoms with Crippen LogP contribution in [0, 0.1) is 11.3 Å². The fourth-order valence-corrected chi connectivity index (χ4v) is 1.50. The summed E-state index contributed by atoms with van der Waals surface area (Å²) in [5, 5.41) is 8.74. The number of hydrogen-bond donors (Lipinski definition) is 0. The minimum atomic E-state index is -0.259. The van der Waals surface area contributed by atoms with Crippen molar-refractivity contribution in [3.05, 3.63) is 23.2 Å². The van der Waals surface area contributed by atoms with Gasteiger partial charge in [-0.15, -0.1) is 0 Å². The van der Waals surface area contributed by atoms with Crippen LogP contribution in [0.4, 0.5) is 0 Å². The van der Waals surface area contributed by atoms with Gasteiger partial charge in [0, 0.05) is 12.6 Å². The van der Waals surface area contributed by atoms with E-state index < -0.39 is 0 Å². The highest BCUT2D eigenvalue weighted by atomic mass is 35.5. The summed E-state index contributed by atoms with van der Waals surface area (Å²) in [4.78, 5) is 21.4. The Morgan fingerprint density at radius 2 is 2.29 bits per heavy atom. The van der Waals surface area contributed by atoms with E-state index in [0.717, 1.165) is 0 Å². The summed E-state index contributed by atoms with van der Waals surface area (Å²) < 4.78 is 0. The highest BCUT2D eigenvalue weighted by Gasteiger charge is 2.19. The second-order valence-electron chi connectivity index (χ2n) is 3.73. The molecule has 90 valence electrons. The van der Waals surface area contributed by atoms with Gasteiger partial charge in [-0.1, -0.05) is 11.6 Å². The minimum absolute atomic E-state index is 0.00312. The summed E-state index contributed by atoms with van der Waals surface area (Å²) in [6.45, 7) is 4.14. The second kappa shape index (κ2) is 6.16. The molecule has 5 nitrogen and oxygen atoms in total. The smallest absolute Gasteiger partial charge is 0.274 e. The molecule has 0 spiro atoms. The van der Waals surface area contributed by atoms with Gasteiger partial charge in [0.25, 0.3) is 5.91 Å². The summed E-state index contributed by atoms with van der Waals surface area (Å²) in [6, 6.07) is 2.01. The monoisotopic (exact) mass is 252 g/mol. The number of carbonyl (C=O) groups excluding carboxylic acids is 1. The van der Waals surface area contributed by atoms with E-state index in [1.54, 1.807) is 4.90 Å². The molecule has 0 radical (unpaired) electrons. The molecule has 0 N–H and O–H groups in total. The van der Waals surface area contributed by atoms with Gasteiger partial charge >= 0.3 is 0 Å². The van der Waals surface area contributed by atoms with Crippen molar-refractivity contribution in [3.63, 3.8) is 0 Å². The van der Waals surface area contributed by atoms with Crippen LogP contribution >= 0.6 is 11.6 Å². The molecule has 0 bridgehead atoms. The molecular formula is C11H13ClN4O. The lowest BCUT2D eigenvalue weighted by atomic mass is 10.2. The van der Waals surface area contributed by atoms with Gasteiger partial charge in [-0.05, 0) is 13.8 Å². The standard InChI is InChI=1S/C11H13ClN4O/c1-8(2)16(5-3-4-13)11(17)9-6-14-7-10(12)15-9/h6-8H,3,5H2,1-2H3. The number of nitriles is 1. The van der Waals surface area contributed by atoms with Gasteiger partial charge in [0.1, 0.15) is 10.8 Å². The first-order valence-electron chi connectivity index (χ1n) is 5.21. The summed E-state index contributed by atoms with van der Waals surface area (Å²) in [5.41, 5.74) is 0.198. The number of aromatic nitrogens is 2. The van der Waals surface area contributed by atoms with E-state index in [1.807, 2.05) is 19.9 Å². The van der Waals surface area contributed by atoms with Crippen LogP contribution in [0.2, 0.25) is 5.15 Å². The van der Waals surface area contributed by atoms with Gasteiger partial charge in [0.05, 0.1) is 24.9 Å². The zero-order valence-corrected chi connectivity index (χ0v) is 10.5. The number of halogens is 1. The van der Waals surface area contributed by atoms with Gasteiger partial charge in [0.15, 0.2) is 0 Å². The summed E-state index contributed by atoms with van der Waals surface area (Å²) in [6.07, 6.45) is 3.03. The van der Waals surface area contributed by atoms with Gasteiger partial charge in [0.2, 0.25) is 0 Å². The Kier molecular flexibility index (Phi) is 4.85. The molecule has 1 amide bonds. The highest BCUT2D eigenvalue weighted by Crippen LogP contribution is 2.09. The lowest BCUT2D eigenvalue weighted by Crippen LogP contribution is -2.38. The van der Waals surface area contributed by atoms with Gasteiger partial charge in [-0.3, -0.25) is 9.78 Å². The molecule has 6 heteroatoms. The molecule has 0 aromatic carbocycles. The van der Waals surface area contributed by atoms with Crippen LogP contribution in [0.15, 0.2) is 12.4 Å². The molecule has 1 aromatic heterocycles. The van der Waals surface area contributed by atoms with Crippen molar-refractivity contribution in [1.29, 1.82) is 5.26 Å². The number of amides is 1. The normalized spacial score (nSPS) is 10.1. The average Bonchev–Trinajstić information content (AvgIpc) is 2.29. The van der Waals surface area contributed by atoms with Crippen molar-refractivity contribution in [3.8, 4) is 6.07 Å². The number of hydrogen-bond acceptors (Lipinski definition) is 4.